The molecule has 3 fully saturated rings. The average molecular weight is 472 g/mol. The highest BCUT2D eigenvalue weighted by molar-refractivity contribution is 6.01. The van der Waals surface area contributed by atoms with E-state index in [-0.39, 0.29) is 39.5 Å². The van der Waals surface area contributed by atoms with E-state index in [2.05, 4.69) is 40.7 Å². The van der Waals surface area contributed by atoms with Crippen LogP contribution in [0.25, 0.3) is 0 Å². The van der Waals surface area contributed by atoms with Crippen molar-refractivity contribution < 1.29 is 24.0 Å². The zero-order valence-corrected chi connectivity index (χ0v) is 22.1. The number of urea groups is 1. The molecule has 7 atom stereocenters. The maximum absolute atomic E-state index is 14.5. The van der Waals surface area contributed by atoms with E-state index in [0.717, 1.165) is 25.0 Å². The van der Waals surface area contributed by atoms with E-state index < -0.39 is 16.9 Å². The topological polar surface area (TPSA) is 74.7 Å². The zero-order valence-electron chi connectivity index (χ0n) is 22.1. The number of hydrogen-bond donors (Lipinski definition) is 1. The molecule has 1 N–H and O–H groups in total. The number of fused-ring (bicyclic) bond motifs is 5. The van der Waals surface area contributed by atoms with Gasteiger partial charge in [-0.05, 0) is 90.6 Å². The molecule has 4 aliphatic rings. The Morgan fingerprint density at radius 3 is 2.32 bits per heavy atom. The van der Waals surface area contributed by atoms with Crippen molar-refractivity contribution in [3.8, 4) is 0 Å². The lowest BCUT2D eigenvalue weighted by Gasteiger charge is -2.63. The number of piperidine rings is 1. The van der Waals surface area contributed by atoms with Gasteiger partial charge in [0, 0.05) is 25.1 Å². The lowest BCUT2D eigenvalue weighted by Crippen LogP contribution is -2.74. The SMILES string of the molecule is CCN(CC)C(=O)[N+]1(C(C)(C)C)C[C@@H]2[C@H](CC[C@]3(C)C(C(=O)O)CC[C@@H]23)[C@@]2(C)C=CC(=O)C=C21. The van der Waals surface area contributed by atoms with Crippen LogP contribution in [0.2, 0.25) is 0 Å². The van der Waals surface area contributed by atoms with Gasteiger partial charge in [-0.15, -0.1) is 0 Å². The van der Waals surface area contributed by atoms with E-state index in [0.29, 0.717) is 32.0 Å². The average Bonchev–Trinajstić information content (AvgIpc) is 3.11. The summed E-state index contributed by atoms with van der Waals surface area (Å²) in [5, 5.41) is 10.0. The summed E-state index contributed by atoms with van der Waals surface area (Å²) in [6, 6.07) is 0.0663. The maximum Gasteiger partial charge on any atom is 0.424 e. The summed E-state index contributed by atoms with van der Waals surface area (Å²) in [6.45, 7) is 16.7. The summed E-state index contributed by atoms with van der Waals surface area (Å²) in [6.07, 6.45) is 8.95. The third-order valence-corrected chi connectivity index (χ3v) is 10.3. The lowest BCUT2D eigenvalue weighted by molar-refractivity contribution is -0.881. The minimum absolute atomic E-state index is 0.0440. The van der Waals surface area contributed by atoms with Crippen molar-refractivity contribution in [3.63, 3.8) is 0 Å². The van der Waals surface area contributed by atoms with Gasteiger partial charge in [0.05, 0.1) is 17.9 Å². The molecule has 188 valence electrons. The summed E-state index contributed by atoms with van der Waals surface area (Å²) >= 11 is 0. The molecule has 6 heteroatoms. The van der Waals surface area contributed by atoms with Crippen LogP contribution in [0, 0.1) is 34.5 Å². The van der Waals surface area contributed by atoms with Gasteiger partial charge in [0.2, 0.25) is 0 Å². The van der Waals surface area contributed by atoms with Crippen LogP contribution in [0.4, 0.5) is 4.79 Å². The first kappa shape index (κ1) is 25.2. The molecule has 3 aliphatic carbocycles. The number of hydrogen-bond acceptors (Lipinski definition) is 3. The number of aliphatic carboxylic acids is 1. The van der Waals surface area contributed by atoms with E-state index in [1.54, 1.807) is 12.2 Å². The molecule has 0 aromatic carbocycles. The van der Waals surface area contributed by atoms with Gasteiger partial charge >= 0.3 is 12.0 Å². The van der Waals surface area contributed by atoms with Gasteiger partial charge in [-0.1, -0.05) is 13.0 Å². The Morgan fingerprint density at radius 1 is 1.12 bits per heavy atom. The predicted octanol–water partition coefficient (Wildman–Crippen LogP) is 5.25. The van der Waals surface area contributed by atoms with Crippen LogP contribution in [0.15, 0.2) is 23.9 Å². The molecule has 2 saturated carbocycles. The number of carbonyl (C=O) groups is 3. The van der Waals surface area contributed by atoms with Crippen molar-refractivity contribution in [1.82, 2.24) is 4.90 Å². The molecule has 0 radical (unpaired) electrons. The van der Waals surface area contributed by atoms with Gasteiger partial charge in [-0.2, -0.15) is 0 Å². The van der Waals surface area contributed by atoms with E-state index in [1.807, 2.05) is 18.7 Å². The number of carbonyl (C=O) groups excluding carboxylic acids is 2. The van der Waals surface area contributed by atoms with E-state index in [9.17, 15) is 19.5 Å². The van der Waals surface area contributed by atoms with Crippen LogP contribution in [-0.4, -0.2) is 57.4 Å². The van der Waals surface area contributed by atoms with Crippen molar-refractivity contribution in [2.75, 3.05) is 19.6 Å². The Balaban J connectivity index is 1.94. The number of likely N-dealkylation sites (tertiary alicyclic amines) is 1. The van der Waals surface area contributed by atoms with Crippen LogP contribution in [-0.2, 0) is 9.59 Å². The smallest absolute Gasteiger partial charge is 0.424 e. The van der Waals surface area contributed by atoms with Crippen LogP contribution < -0.4 is 0 Å². The van der Waals surface area contributed by atoms with Crippen LogP contribution >= 0.6 is 0 Å². The standard InChI is InChI=1S/C28H42N2O4/c1-8-29(9-2)25(34)30(26(3,4)5)17-19-20-10-11-22(24(32)33)27(20,6)15-13-21(19)28(7)14-12-18(31)16-23(28)30/h12,14,16,19-22H,8-11,13,15,17H2,1-7H3/p+1/t19-,20-,21-,22?,27-,28+,30?/m0/s1. The van der Waals surface area contributed by atoms with Gasteiger partial charge in [-0.3, -0.25) is 14.5 Å². The van der Waals surface area contributed by atoms with Crippen molar-refractivity contribution in [3.05, 3.63) is 23.9 Å². The number of quaternary nitrogens is 1. The zero-order chi connectivity index (χ0) is 25.3. The number of allylic oxidation sites excluding steroid dienone is 3. The van der Waals surface area contributed by atoms with Crippen molar-refractivity contribution in [1.29, 1.82) is 0 Å². The van der Waals surface area contributed by atoms with E-state index >= 15 is 0 Å². The summed E-state index contributed by atoms with van der Waals surface area (Å²) in [4.78, 5) is 41.3. The third-order valence-electron chi connectivity index (χ3n) is 10.3. The Labute approximate surface area is 204 Å². The highest BCUT2D eigenvalue weighted by Gasteiger charge is 2.69. The fraction of sp³-hybridized carbons (Fsp3) is 0.750. The Hall–Kier alpha value is -1.95. The molecule has 6 nitrogen and oxygen atoms in total. The molecular weight excluding hydrogens is 428 g/mol. The second-order valence-electron chi connectivity index (χ2n) is 12.6. The second kappa shape index (κ2) is 8.04. The minimum atomic E-state index is -0.676. The second-order valence-corrected chi connectivity index (χ2v) is 12.6. The molecule has 34 heavy (non-hydrogen) atoms. The molecule has 1 heterocycles. The Morgan fingerprint density at radius 2 is 1.76 bits per heavy atom. The molecule has 2 unspecified atom stereocenters. The Bertz CT molecular complexity index is 958. The molecule has 1 aliphatic heterocycles. The number of ketones is 1. The van der Waals surface area contributed by atoms with Crippen LogP contribution in [0.1, 0.15) is 74.1 Å². The van der Waals surface area contributed by atoms with Gasteiger partial charge in [0.15, 0.2) is 5.78 Å². The van der Waals surface area contributed by atoms with Crippen molar-refractivity contribution in [2.45, 2.75) is 79.7 Å². The monoisotopic (exact) mass is 471 g/mol. The molecule has 1 saturated heterocycles. The lowest BCUT2D eigenvalue weighted by atomic mass is 9.49. The fourth-order valence-electron chi connectivity index (χ4n) is 8.46. The molecule has 0 aromatic rings. The first-order valence-corrected chi connectivity index (χ1v) is 13.1. The van der Waals surface area contributed by atoms with E-state index in [1.165, 1.54) is 0 Å². The number of carboxylic acid groups (broad SMARTS) is 1. The maximum atomic E-state index is 14.5. The molecule has 4 rings (SSSR count). The number of carboxylic acids is 1. The summed E-state index contributed by atoms with van der Waals surface area (Å²) in [5.41, 5.74) is -0.177. The highest BCUT2D eigenvalue weighted by Crippen LogP contribution is 2.67. The highest BCUT2D eigenvalue weighted by atomic mass is 16.4. The van der Waals surface area contributed by atoms with Gasteiger partial charge in [0.1, 0.15) is 11.2 Å². The largest absolute Gasteiger partial charge is 0.481 e. The van der Waals surface area contributed by atoms with Crippen LogP contribution in [0.5, 0.6) is 0 Å². The first-order valence-electron chi connectivity index (χ1n) is 13.1. The molecule has 0 aromatic heterocycles. The minimum Gasteiger partial charge on any atom is -0.481 e. The third kappa shape index (κ3) is 3.20. The normalized spacial score (nSPS) is 41.3. The van der Waals surface area contributed by atoms with Crippen molar-refractivity contribution in [2.24, 2.45) is 34.5 Å². The van der Waals surface area contributed by atoms with E-state index in [4.69, 9.17) is 0 Å². The van der Waals surface area contributed by atoms with Crippen LogP contribution in [0.3, 0.4) is 0 Å². The Kier molecular flexibility index (Phi) is 5.95. The first-order chi connectivity index (χ1) is 15.8. The molecule has 0 bridgehead atoms. The quantitative estimate of drug-likeness (QED) is 0.571. The van der Waals surface area contributed by atoms with Gasteiger partial charge in [-0.25, -0.2) is 9.28 Å². The summed E-state index contributed by atoms with van der Waals surface area (Å²) in [5.74, 6) is -0.251. The number of amides is 2. The molecule has 0 spiro atoms. The molecule has 2 amide bonds. The summed E-state index contributed by atoms with van der Waals surface area (Å²) in [7, 11) is 0. The van der Waals surface area contributed by atoms with Crippen molar-refractivity contribution >= 4 is 17.8 Å². The number of nitrogens with zero attached hydrogens (tertiary/aromatic N) is 2. The molecular formula is C28H43N2O4+. The fourth-order valence-corrected chi connectivity index (χ4v) is 8.46. The predicted molar refractivity (Wildman–Crippen MR) is 132 cm³/mol. The van der Waals surface area contributed by atoms with Gasteiger partial charge in [0.25, 0.3) is 0 Å². The summed E-state index contributed by atoms with van der Waals surface area (Å²) < 4.78 is 0.146. The van der Waals surface area contributed by atoms with Gasteiger partial charge < -0.3 is 5.11 Å². The number of rotatable bonds is 3.